The van der Waals surface area contributed by atoms with Crippen LogP contribution in [0.25, 0.3) is 10.8 Å². The molecule has 0 bridgehead atoms. The van der Waals surface area contributed by atoms with E-state index >= 15 is 0 Å². The Bertz CT molecular complexity index is 977. The minimum absolute atomic E-state index is 0.238. The number of anilines is 1. The second kappa shape index (κ2) is 8.36. The third-order valence-corrected chi connectivity index (χ3v) is 4.37. The standard InChI is InChI=1S/C22H22N2O3/c1-15-10-11-18(14-16(15)2)24-22(26)21(25)23-12-13-27-20-9-5-7-17-6-3-4-8-19(17)20/h3-11,14H,12-13H2,1-2H3,(H,23,25)(H,24,26). The zero-order chi connectivity index (χ0) is 19.2. The fourth-order valence-corrected chi connectivity index (χ4v) is 2.73. The molecule has 0 aliphatic carbocycles. The van der Waals surface area contributed by atoms with Crippen molar-refractivity contribution in [1.82, 2.24) is 5.32 Å². The molecule has 2 amide bonds. The third kappa shape index (κ3) is 4.64. The number of carbonyl (C=O) groups is 2. The summed E-state index contributed by atoms with van der Waals surface area (Å²) in [6, 6.07) is 19.3. The molecule has 0 aromatic heterocycles. The Kier molecular flexibility index (Phi) is 5.71. The highest BCUT2D eigenvalue weighted by molar-refractivity contribution is 6.39. The van der Waals surface area contributed by atoms with Crippen molar-refractivity contribution in [2.24, 2.45) is 0 Å². The first kappa shape index (κ1) is 18.5. The Hall–Kier alpha value is -3.34. The topological polar surface area (TPSA) is 67.4 Å². The number of carbonyl (C=O) groups excluding carboxylic acids is 2. The molecule has 0 unspecified atom stereocenters. The molecular formula is C22H22N2O3. The van der Waals surface area contributed by atoms with Gasteiger partial charge in [-0.1, -0.05) is 42.5 Å². The molecule has 2 N–H and O–H groups in total. The summed E-state index contributed by atoms with van der Waals surface area (Å²) < 4.78 is 5.75. The van der Waals surface area contributed by atoms with Gasteiger partial charge in [-0.3, -0.25) is 9.59 Å². The molecule has 0 radical (unpaired) electrons. The van der Waals surface area contributed by atoms with Crippen molar-refractivity contribution in [3.05, 3.63) is 71.8 Å². The number of amides is 2. The number of nitrogens with one attached hydrogen (secondary N) is 2. The molecule has 0 fully saturated rings. The normalized spacial score (nSPS) is 10.4. The van der Waals surface area contributed by atoms with E-state index in [2.05, 4.69) is 10.6 Å². The molecule has 3 rings (SSSR count). The maximum Gasteiger partial charge on any atom is 0.313 e. The number of benzene rings is 3. The van der Waals surface area contributed by atoms with Gasteiger partial charge in [-0.2, -0.15) is 0 Å². The average Bonchev–Trinajstić information content (AvgIpc) is 2.68. The largest absolute Gasteiger partial charge is 0.491 e. The van der Waals surface area contributed by atoms with Gasteiger partial charge >= 0.3 is 11.8 Å². The molecule has 0 aliphatic heterocycles. The molecule has 0 aliphatic rings. The van der Waals surface area contributed by atoms with E-state index in [4.69, 9.17) is 4.74 Å². The van der Waals surface area contributed by atoms with Crippen molar-refractivity contribution >= 4 is 28.3 Å². The second-order valence-electron chi connectivity index (χ2n) is 6.33. The van der Waals surface area contributed by atoms with Crippen LogP contribution in [0, 0.1) is 13.8 Å². The third-order valence-electron chi connectivity index (χ3n) is 4.37. The molecular weight excluding hydrogens is 340 g/mol. The van der Waals surface area contributed by atoms with Crippen LogP contribution in [0.1, 0.15) is 11.1 Å². The van der Waals surface area contributed by atoms with Crippen LogP contribution in [0.3, 0.4) is 0 Å². The van der Waals surface area contributed by atoms with Crippen LogP contribution in [-0.4, -0.2) is 25.0 Å². The molecule has 5 heteroatoms. The lowest BCUT2D eigenvalue weighted by Crippen LogP contribution is -2.37. The number of hydrogen-bond acceptors (Lipinski definition) is 3. The van der Waals surface area contributed by atoms with Gasteiger partial charge in [0, 0.05) is 11.1 Å². The lowest BCUT2D eigenvalue weighted by atomic mass is 10.1. The van der Waals surface area contributed by atoms with Crippen LogP contribution in [0.15, 0.2) is 60.7 Å². The van der Waals surface area contributed by atoms with Gasteiger partial charge < -0.3 is 15.4 Å². The van der Waals surface area contributed by atoms with Crippen LogP contribution >= 0.6 is 0 Å². The maximum atomic E-state index is 12.0. The number of rotatable bonds is 5. The molecule has 3 aromatic rings. The molecule has 3 aromatic carbocycles. The Morgan fingerprint density at radius 1 is 0.889 bits per heavy atom. The van der Waals surface area contributed by atoms with Crippen LogP contribution in [-0.2, 0) is 9.59 Å². The molecule has 0 saturated heterocycles. The number of ether oxygens (including phenoxy) is 1. The predicted octanol–water partition coefficient (Wildman–Crippen LogP) is 3.59. The maximum absolute atomic E-state index is 12.0. The molecule has 0 saturated carbocycles. The molecule has 0 atom stereocenters. The molecule has 0 heterocycles. The number of aryl methyl sites for hydroxylation is 2. The van der Waals surface area contributed by atoms with Crippen molar-refractivity contribution in [2.45, 2.75) is 13.8 Å². The highest BCUT2D eigenvalue weighted by atomic mass is 16.5. The lowest BCUT2D eigenvalue weighted by Gasteiger charge is -2.10. The van der Waals surface area contributed by atoms with Crippen molar-refractivity contribution < 1.29 is 14.3 Å². The van der Waals surface area contributed by atoms with Gasteiger partial charge in [-0.25, -0.2) is 0 Å². The minimum Gasteiger partial charge on any atom is -0.491 e. The minimum atomic E-state index is -0.691. The first-order valence-corrected chi connectivity index (χ1v) is 8.81. The molecule has 0 spiro atoms. The Balaban J connectivity index is 1.49. The van der Waals surface area contributed by atoms with E-state index in [9.17, 15) is 9.59 Å². The first-order valence-electron chi connectivity index (χ1n) is 8.81. The summed E-state index contributed by atoms with van der Waals surface area (Å²) >= 11 is 0. The van der Waals surface area contributed by atoms with Gasteiger partial charge in [-0.05, 0) is 48.6 Å². The van der Waals surface area contributed by atoms with E-state index in [0.29, 0.717) is 5.69 Å². The summed E-state index contributed by atoms with van der Waals surface area (Å²) in [6.07, 6.45) is 0. The number of hydrogen-bond donors (Lipinski definition) is 2. The molecule has 138 valence electrons. The van der Waals surface area contributed by atoms with E-state index in [1.165, 1.54) is 0 Å². The Morgan fingerprint density at radius 2 is 1.67 bits per heavy atom. The molecule has 27 heavy (non-hydrogen) atoms. The predicted molar refractivity (Wildman–Crippen MR) is 107 cm³/mol. The van der Waals surface area contributed by atoms with Crippen LogP contribution in [0.2, 0.25) is 0 Å². The zero-order valence-corrected chi connectivity index (χ0v) is 15.4. The van der Waals surface area contributed by atoms with Gasteiger partial charge in [0.15, 0.2) is 0 Å². The van der Waals surface area contributed by atoms with Crippen molar-refractivity contribution in [3.8, 4) is 5.75 Å². The summed E-state index contributed by atoms with van der Waals surface area (Å²) in [6.45, 7) is 4.46. The summed E-state index contributed by atoms with van der Waals surface area (Å²) in [7, 11) is 0. The average molecular weight is 362 g/mol. The van der Waals surface area contributed by atoms with Gasteiger partial charge in [0.2, 0.25) is 0 Å². The van der Waals surface area contributed by atoms with Crippen LogP contribution in [0.5, 0.6) is 5.75 Å². The van der Waals surface area contributed by atoms with Crippen molar-refractivity contribution in [2.75, 3.05) is 18.5 Å². The van der Waals surface area contributed by atoms with Gasteiger partial charge in [-0.15, -0.1) is 0 Å². The van der Waals surface area contributed by atoms with Crippen molar-refractivity contribution in [3.63, 3.8) is 0 Å². The van der Waals surface area contributed by atoms with E-state index in [1.54, 1.807) is 6.07 Å². The second-order valence-corrected chi connectivity index (χ2v) is 6.33. The fraction of sp³-hybridized carbons (Fsp3) is 0.182. The number of fused-ring (bicyclic) bond motifs is 1. The smallest absolute Gasteiger partial charge is 0.313 e. The van der Waals surface area contributed by atoms with Gasteiger partial charge in [0.05, 0.1) is 6.54 Å². The van der Waals surface area contributed by atoms with E-state index in [1.807, 2.05) is 68.4 Å². The summed E-state index contributed by atoms with van der Waals surface area (Å²) in [5.41, 5.74) is 2.78. The Labute approximate surface area is 158 Å². The van der Waals surface area contributed by atoms with Gasteiger partial charge in [0.1, 0.15) is 12.4 Å². The summed E-state index contributed by atoms with van der Waals surface area (Å²) in [5, 5.41) is 7.27. The zero-order valence-electron chi connectivity index (χ0n) is 15.4. The van der Waals surface area contributed by atoms with E-state index in [0.717, 1.165) is 27.6 Å². The highest BCUT2D eigenvalue weighted by Crippen LogP contribution is 2.24. The summed E-state index contributed by atoms with van der Waals surface area (Å²) in [5.74, 6) is -0.625. The Morgan fingerprint density at radius 3 is 2.48 bits per heavy atom. The van der Waals surface area contributed by atoms with Gasteiger partial charge in [0.25, 0.3) is 0 Å². The van der Waals surface area contributed by atoms with Crippen LogP contribution in [0.4, 0.5) is 5.69 Å². The van der Waals surface area contributed by atoms with Crippen LogP contribution < -0.4 is 15.4 Å². The highest BCUT2D eigenvalue weighted by Gasteiger charge is 2.13. The summed E-state index contributed by atoms with van der Waals surface area (Å²) in [4.78, 5) is 23.9. The lowest BCUT2D eigenvalue weighted by molar-refractivity contribution is -0.136. The first-order chi connectivity index (χ1) is 13.0. The van der Waals surface area contributed by atoms with E-state index in [-0.39, 0.29) is 13.2 Å². The fourth-order valence-electron chi connectivity index (χ4n) is 2.73. The quantitative estimate of drug-likeness (QED) is 0.538. The monoisotopic (exact) mass is 362 g/mol. The van der Waals surface area contributed by atoms with E-state index < -0.39 is 11.8 Å². The van der Waals surface area contributed by atoms with Crippen molar-refractivity contribution in [1.29, 1.82) is 0 Å². The SMILES string of the molecule is Cc1ccc(NC(=O)C(=O)NCCOc2cccc3ccccc23)cc1C. The molecule has 5 nitrogen and oxygen atoms in total.